The topological polar surface area (TPSA) is 167 Å². The molecule has 12 heteroatoms. The quantitative estimate of drug-likeness (QED) is 0.350. The van der Waals surface area contributed by atoms with Crippen LogP contribution in [-0.4, -0.2) is 62.8 Å². The molecule has 5 N–H and O–H groups in total. The van der Waals surface area contributed by atoms with Crippen LogP contribution in [0.1, 0.15) is 26.5 Å². The van der Waals surface area contributed by atoms with Gasteiger partial charge in [0.05, 0.1) is 30.8 Å². The summed E-state index contributed by atoms with van der Waals surface area (Å²) in [6.07, 6.45) is 4.25. The van der Waals surface area contributed by atoms with E-state index in [-0.39, 0.29) is 23.0 Å². The molecule has 2 amide bonds. The lowest BCUT2D eigenvalue weighted by molar-refractivity contribution is 0.0342. The van der Waals surface area contributed by atoms with Gasteiger partial charge in [0, 0.05) is 31.4 Å². The fourth-order valence-corrected chi connectivity index (χ4v) is 3.83. The number of nitrogens with zero attached hydrogens (tertiary/aromatic N) is 5. The molecule has 12 nitrogen and oxygen atoms in total. The molecule has 1 fully saturated rings. The average Bonchev–Trinajstić information content (AvgIpc) is 3.53. The van der Waals surface area contributed by atoms with E-state index in [0.29, 0.717) is 17.1 Å². The molecule has 1 aromatic carbocycles. The third-order valence-electron chi connectivity index (χ3n) is 5.67. The van der Waals surface area contributed by atoms with Crippen molar-refractivity contribution in [3.05, 3.63) is 72.0 Å². The lowest BCUT2D eigenvalue weighted by atomic mass is 10.2. The van der Waals surface area contributed by atoms with E-state index >= 15 is 0 Å². The molecule has 4 aromatic rings. The van der Waals surface area contributed by atoms with E-state index in [1.54, 1.807) is 12.1 Å². The minimum atomic E-state index is -0.777. The van der Waals surface area contributed by atoms with Crippen molar-refractivity contribution in [1.29, 1.82) is 0 Å². The number of morpholine rings is 1. The second-order valence-electron chi connectivity index (χ2n) is 8.22. The van der Waals surface area contributed by atoms with Gasteiger partial charge in [-0.1, -0.05) is 12.1 Å². The summed E-state index contributed by atoms with van der Waals surface area (Å²) in [6, 6.07) is 11.0. The molecular formula is C24H24N8O4. The Morgan fingerprint density at radius 3 is 2.61 bits per heavy atom. The first-order valence-corrected chi connectivity index (χ1v) is 11.2. The van der Waals surface area contributed by atoms with Crippen molar-refractivity contribution < 1.29 is 18.7 Å². The van der Waals surface area contributed by atoms with Gasteiger partial charge >= 0.3 is 0 Å². The number of nitrogens with two attached hydrogens (primary N) is 2. The number of oxazole rings is 1. The summed E-state index contributed by atoms with van der Waals surface area (Å²) in [5, 5.41) is 6.91. The number of primary amides is 1. The Bertz CT molecular complexity index is 1390. The Morgan fingerprint density at radius 1 is 1.11 bits per heavy atom. The van der Waals surface area contributed by atoms with Crippen LogP contribution in [0, 0.1) is 0 Å². The molecular weight excluding hydrogens is 464 g/mol. The molecule has 36 heavy (non-hydrogen) atoms. The van der Waals surface area contributed by atoms with E-state index in [2.05, 4.69) is 25.3 Å². The number of carbonyl (C=O) groups excluding carboxylic acids is 2. The molecule has 0 spiro atoms. The monoisotopic (exact) mass is 488 g/mol. The highest BCUT2D eigenvalue weighted by atomic mass is 16.5. The Morgan fingerprint density at radius 2 is 1.89 bits per heavy atom. The van der Waals surface area contributed by atoms with Crippen LogP contribution in [0.25, 0.3) is 17.1 Å². The average molecular weight is 489 g/mol. The predicted molar refractivity (Wildman–Crippen MR) is 130 cm³/mol. The largest absolute Gasteiger partial charge is 0.444 e. The summed E-state index contributed by atoms with van der Waals surface area (Å²) in [4.78, 5) is 35.3. The molecule has 0 atom stereocenters. The minimum Gasteiger partial charge on any atom is -0.444 e. The highest BCUT2D eigenvalue weighted by molar-refractivity contribution is 6.07. The van der Waals surface area contributed by atoms with E-state index in [1.165, 1.54) is 23.3 Å². The standard InChI is InChI=1S/C24H24N8O4/c25-20-11-16(5-6-27-20)24-29-19(14-36-24)23(34)28-18-13-32(30-21(18)22(26)33)17-3-1-15(2-4-17)12-31-7-9-35-10-8-31/h1-6,11,13-14H,7-10,12H2,(H2,25,27)(H2,26,33)(H,28,34). The lowest BCUT2D eigenvalue weighted by Crippen LogP contribution is -2.35. The summed E-state index contributed by atoms with van der Waals surface area (Å²) in [5.41, 5.74) is 13.7. The number of rotatable bonds is 7. The van der Waals surface area contributed by atoms with Crippen molar-refractivity contribution in [2.75, 3.05) is 37.4 Å². The zero-order valence-electron chi connectivity index (χ0n) is 19.3. The molecule has 3 aromatic heterocycles. The first-order valence-electron chi connectivity index (χ1n) is 11.2. The van der Waals surface area contributed by atoms with Gasteiger partial charge in [-0.25, -0.2) is 14.6 Å². The number of aromatic nitrogens is 4. The summed E-state index contributed by atoms with van der Waals surface area (Å²) < 4.78 is 12.3. The maximum Gasteiger partial charge on any atom is 0.277 e. The molecule has 1 aliphatic rings. The van der Waals surface area contributed by atoms with Gasteiger partial charge in [0.15, 0.2) is 11.4 Å². The summed E-state index contributed by atoms with van der Waals surface area (Å²) in [7, 11) is 0. The fraction of sp³-hybridized carbons (Fsp3) is 0.208. The van der Waals surface area contributed by atoms with Crippen molar-refractivity contribution in [3.8, 4) is 17.1 Å². The number of ether oxygens (including phenoxy) is 1. The highest BCUT2D eigenvalue weighted by Crippen LogP contribution is 2.22. The van der Waals surface area contributed by atoms with Crippen LogP contribution in [0.4, 0.5) is 11.5 Å². The lowest BCUT2D eigenvalue weighted by Gasteiger charge is -2.26. The van der Waals surface area contributed by atoms with Crippen molar-refractivity contribution in [1.82, 2.24) is 24.6 Å². The number of benzene rings is 1. The zero-order chi connectivity index (χ0) is 25.1. The molecule has 4 heterocycles. The molecule has 0 unspecified atom stereocenters. The number of anilines is 2. The maximum atomic E-state index is 12.8. The summed E-state index contributed by atoms with van der Waals surface area (Å²) >= 11 is 0. The number of hydrogen-bond donors (Lipinski definition) is 3. The third-order valence-corrected chi connectivity index (χ3v) is 5.67. The number of hydrogen-bond acceptors (Lipinski definition) is 9. The van der Waals surface area contributed by atoms with Gasteiger partial charge in [-0.2, -0.15) is 5.10 Å². The van der Waals surface area contributed by atoms with Gasteiger partial charge in [0.1, 0.15) is 12.1 Å². The van der Waals surface area contributed by atoms with E-state index in [4.69, 9.17) is 20.6 Å². The van der Waals surface area contributed by atoms with Gasteiger partial charge in [0.2, 0.25) is 5.89 Å². The number of pyridine rings is 1. The Hall–Kier alpha value is -4.55. The normalized spacial score (nSPS) is 14.0. The van der Waals surface area contributed by atoms with Crippen LogP contribution in [-0.2, 0) is 11.3 Å². The molecule has 5 rings (SSSR count). The van der Waals surface area contributed by atoms with Crippen LogP contribution >= 0.6 is 0 Å². The first kappa shape index (κ1) is 23.2. The van der Waals surface area contributed by atoms with Crippen LogP contribution in [0.5, 0.6) is 0 Å². The molecule has 0 radical (unpaired) electrons. The molecule has 1 aliphatic heterocycles. The number of carbonyl (C=O) groups is 2. The van der Waals surface area contributed by atoms with Crippen LogP contribution in [0.2, 0.25) is 0 Å². The van der Waals surface area contributed by atoms with Crippen molar-refractivity contribution >= 4 is 23.3 Å². The van der Waals surface area contributed by atoms with Gasteiger partial charge in [-0.15, -0.1) is 0 Å². The molecule has 0 saturated carbocycles. The van der Waals surface area contributed by atoms with E-state index < -0.39 is 11.8 Å². The van der Waals surface area contributed by atoms with E-state index in [0.717, 1.165) is 38.4 Å². The van der Waals surface area contributed by atoms with E-state index in [1.807, 2.05) is 24.3 Å². The SMILES string of the molecule is NC(=O)c1nn(-c2ccc(CN3CCOCC3)cc2)cc1NC(=O)c1coc(-c2ccnc(N)c2)n1. The Kier molecular flexibility index (Phi) is 6.43. The van der Waals surface area contributed by atoms with Crippen molar-refractivity contribution in [3.63, 3.8) is 0 Å². The Labute approximate surface area is 205 Å². The van der Waals surface area contributed by atoms with Crippen molar-refractivity contribution in [2.24, 2.45) is 5.73 Å². The van der Waals surface area contributed by atoms with Gasteiger partial charge < -0.3 is 25.9 Å². The molecule has 1 saturated heterocycles. The minimum absolute atomic E-state index is 0.0102. The molecule has 184 valence electrons. The van der Waals surface area contributed by atoms with Crippen LogP contribution < -0.4 is 16.8 Å². The molecule has 0 aliphatic carbocycles. The molecule has 0 bridgehead atoms. The Balaban J connectivity index is 1.32. The highest BCUT2D eigenvalue weighted by Gasteiger charge is 2.20. The third kappa shape index (κ3) is 5.09. The first-order chi connectivity index (χ1) is 17.5. The number of nitrogen functional groups attached to an aromatic ring is 1. The predicted octanol–water partition coefficient (Wildman–Crippen LogP) is 1.69. The van der Waals surface area contributed by atoms with Gasteiger partial charge in [-0.3, -0.25) is 14.5 Å². The van der Waals surface area contributed by atoms with Crippen molar-refractivity contribution in [2.45, 2.75) is 6.54 Å². The second-order valence-corrected chi connectivity index (χ2v) is 8.22. The van der Waals surface area contributed by atoms with E-state index in [9.17, 15) is 9.59 Å². The van der Waals surface area contributed by atoms with Gasteiger partial charge in [-0.05, 0) is 29.8 Å². The zero-order valence-corrected chi connectivity index (χ0v) is 19.3. The number of nitrogens with one attached hydrogen (secondary N) is 1. The number of amides is 2. The smallest absolute Gasteiger partial charge is 0.277 e. The fourth-order valence-electron chi connectivity index (χ4n) is 3.83. The van der Waals surface area contributed by atoms with Gasteiger partial charge in [0.25, 0.3) is 11.8 Å². The van der Waals surface area contributed by atoms with Crippen LogP contribution in [0.3, 0.4) is 0 Å². The maximum absolute atomic E-state index is 12.8. The summed E-state index contributed by atoms with van der Waals surface area (Å²) in [5.74, 6) is -0.863. The van der Waals surface area contributed by atoms with Crippen LogP contribution in [0.15, 0.2) is 59.5 Å². The second kappa shape index (κ2) is 9.98. The summed E-state index contributed by atoms with van der Waals surface area (Å²) in [6.45, 7) is 4.10.